The summed E-state index contributed by atoms with van der Waals surface area (Å²) in [5.41, 5.74) is 0.749. The van der Waals surface area contributed by atoms with E-state index in [4.69, 9.17) is 17.0 Å². The van der Waals surface area contributed by atoms with E-state index in [1.807, 2.05) is 4.90 Å². The molecule has 0 bridgehead atoms. The summed E-state index contributed by atoms with van der Waals surface area (Å²) >= 11 is 5.11. The summed E-state index contributed by atoms with van der Waals surface area (Å²) in [4.78, 5) is 25.4. The van der Waals surface area contributed by atoms with E-state index < -0.39 is 10.8 Å². The van der Waals surface area contributed by atoms with E-state index in [0.717, 1.165) is 25.9 Å². The van der Waals surface area contributed by atoms with Crippen molar-refractivity contribution in [3.8, 4) is 11.5 Å². The second-order valence-corrected chi connectivity index (χ2v) is 6.85. The summed E-state index contributed by atoms with van der Waals surface area (Å²) in [7, 11) is 1.48. The summed E-state index contributed by atoms with van der Waals surface area (Å²) in [6.07, 6.45) is 1.97. The molecule has 2 aromatic rings. The fourth-order valence-electron chi connectivity index (χ4n) is 3.11. The Morgan fingerprint density at radius 2 is 1.97 bits per heavy atom. The number of carbonyl (C=O) groups is 1. The van der Waals surface area contributed by atoms with Gasteiger partial charge in [0.05, 0.1) is 17.7 Å². The summed E-state index contributed by atoms with van der Waals surface area (Å²) in [5, 5.41) is 26.5. The van der Waals surface area contributed by atoms with Gasteiger partial charge in [-0.2, -0.15) is 0 Å². The molecule has 0 atom stereocenters. The molecular formula is C19H20N4O5S. The quantitative estimate of drug-likeness (QED) is 0.295. The zero-order chi connectivity index (χ0) is 21.0. The Labute approximate surface area is 172 Å². The molecule has 0 unspecified atom stereocenters. The Morgan fingerprint density at radius 1 is 1.24 bits per heavy atom. The number of nitrogens with zero attached hydrogens (tertiary/aromatic N) is 2. The number of thiocarbonyl (C=S) groups is 1. The Balaban J connectivity index is 1.74. The van der Waals surface area contributed by atoms with Crippen LogP contribution in [0.3, 0.4) is 0 Å². The lowest BCUT2D eigenvalue weighted by atomic mass is 10.1. The topological polar surface area (TPSA) is 117 Å². The highest BCUT2D eigenvalue weighted by Crippen LogP contribution is 2.32. The van der Waals surface area contributed by atoms with Gasteiger partial charge >= 0.3 is 0 Å². The smallest absolute Gasteiger partial charge is 0.293 e. The Bertz CT molecular complexity index is 960. The van der Waals surface area contributed by atoms with Gasteiger partial charge in [-0.15, -0.1) is 0 Å². The fraction of sp³-hybridized carbons (Fsp3) is 0.263. The number of nitro groups is 1. The lowest BCUT2D eigenvalue weighted by molar-refractivity contribution is -0.384. The maximum atomic E-state index is 12.5. The number of hydrogen-bond donors (Lipinski definition) is 3. The monoisotopic (exact) mass is 416 g/mol. The maximum Gasteiger partial charge on any atom is 0.293 e. The molecule has 0 radical (unpaired) electrons. The summed E-state index contributed by atoms with van der Waals surface area (Å²) in [5.74, 6) is -0.179. The number of nitrogens with one attached hydrogen (secondary N) is 2. The van der Waals surface area contributed by atoms with Gasteiger partial charge in [0.1, 0.15) is 17.2 Å². The molecule has 1 aliphatic rings. The van der Waals surface area contributed by atoms with E-state index in [9.17, 15) is 20.0 Å². The number of ether oxygens (including phenoxy) is 1. The maximum absolute atomic E-state index is 12.5. The minimum Gasteiger partial charge on any atom is -0.506 e. The number of aromatic hydroxyl groups is 1. The number of carbonyl (C=O) groups excluding carboxylic acids is 1. The van der Waals surface area contributed by atoms with E-state index >= 15 is 0 Å². The van der Waals surface area contributed by atoms with Crippen molar-refractivity contribution in [2.75, 3.05) is 30.4 Å². The largest absolute Gasteiger partial charge is 0.506 e. The van der Waals surface area contributed by atoms with Crippen LogP contribution in [0.4, 0.5) is 17.1 Å². The van der Waals surface area contributed by atoms with Crippen molar-refractivity contribution >= 4 is 40.3 Å². The summed E-state index contributed by atoms with van der Waals surface area (Å²) in [6, 6.07) is 8.87. The average molecular weight is 416 g/mol. The number of nitro benzene ring substituents is 1. The predicted molar refractivity (Wildman–Crippen MR) is 113 cm³/mol. The molecule has 29 heavy (non-hydrogen) atoms. The molecule has 9 nitrogen and oxygen atoms in total. The van der Waals surface area contributed by atoms with Gasteiger partial charge in [-0.1, -0.05) is 0 Å². The predicted octanol–water partition coefficient (Wildman–Crippen LogP) is 3.04. The van der Waals surface area contributed by atoms with E-state index in [0.29, 0.717) is 11.4 Å². The zero-order valence-corrected chi connectivity index (χ0v) is 16.5. The van der Waals surface area contributed by atoms with Gasteiger partial charge in [-0.25, -0.2) is 0 Å². The molecular weight excluding hydrogens is 396 g/mol. The number of methoxy groups -OCH3 is 1. The van der Waals surface area contributed by atoms with Gasteiger partial charge in [-0.3, -0.25) is 20.2 Å². The highest BCUT2D eigenvalue weighted by atomic mass is 32.1. The number of phenolic OH excluding ortho intramolecular Hbond substituents is 1. The number of anilines is 2. The van der Waals surface area contributed by atoms with Gasteiger partial charge in [0.25, 0.3) is 11.6 Å². The van der Waals surface area contributed by atoms with Crippen LogP contribution in [0.15, 0.2) is 36.4 Å². The van der Waals surface area contributed by atoms with Gasteiger partial charge in [-0.05, 0) is 49.3 Å². The molecule has 3 rings (SSSR count). The molecule has 0 spiro atoms. The Morgan fingerprint density at radius 3 is 2.62 bits per heavy atom. The Hall–Kier alpha value is -3.40. The molecule has 152 valence electrons. The van der Waals surface area contributed by atoms with Crippen molar-refractivity contribution in [3.63, 3.8) is 0 Å². The minimum atomic E-state index is -0.596. The number of amides is 1. The lowest BCUT2D eigenvalue weighted by Gasteiger charge is -2.18. The van der Waals surface area contributed by atoms with E-state index in [2.05, 4.69) is 10.6 Å². The molecule has 0 saturated carbocycles. The lowest BCUT2D eigenvalue weighted by Crippen LogP contribution is -2.34. The zero-order valence-electron chi connectivity index (χ0n) is 15.7. The van der Waals surface area contributed by atoms with Crippen LogP contribution in [0.1, 0.15) is 23.2 Å². The van der Waals surface area contributed by atoms with Crippen LogP contribution in [0, 0.1) is 10.1 Å². The van der Waals surface area contributed by atoms with Crippen molar-refractivity contribution in [2.45, 2.75) is 12.8 Å². The molecule has 1 fully saturated rings. The highest BCUT2D eigenvalue weighted by molar-refractivity contribution is 7.80. The molecule has 2 aromatic carbocycles. The van der Waals surface area contributed by atoms with Crippen molar-refractivity contribution in [1.82, 2.24) is 5.32 Å². The van der Waals surface area contributed by atoms with Crippen LogP contribution in [-0.4, -0.2) is 41.2 Å². The first-order chi connectivity index (χ1) is 13.9. The van der Waals surface area contributed by atoms with E-state index in [-0.39, 0.29) is 27.8 Å². The first kappa shape index (κ1) is 20.3. The third kappa shape index (κ3) is 4.72. The normalized spacial score (nSPS) is 13.1. The van der Waals surface area contributed by atoms with Crippen LogP contribution < -0.4 is 20.3 Å². The van der Waals surface area contributed by atoms with Crippen LogP contribution >= 0.6 is 12.2 Å². The first-order valence-corrected chi connectivity index (χ1v) is 9.32. The Kier molecular flexibility index (Phi) is 6.13. The molecule has 1 heterocycles. The van der Waals surface area contributed by atoms with Crippen LogP contribution in [0.25, 0.3) is 0 Å². The summed E-state index contributed by atoms with van der Waals surface area (Å²) in [6.45, 7) is 1.51. The molecule has 1 aliphatic heterocycles. The number of benzene rings is 2. The fourth-order valence-corrected chi connectivity index (χ4v) is 3.31. The average Bonchev–Trinajstić information content (AvgIpc) is 3.23. The second kappa shape index (κ2) is 8.74. The van der Waals surface area contributed by atoms with Crippen molar-refractivity contribution in [2.24, 2.45) is 0 Å². The molecule has 0 aliphatic carbocycles. The number of phenols is 1. The molecule has 10 heteroatoms. The van der Waals surface area contributed by atoms with Crippen molar-refractivity contribution in [3.05, 3.63) is 52.1 Å². The first-order valence-electron chi connectivity index (χ1n) is 8.92. The highest BCUT2D eigenvalue weighted by Gasteiger charge is 2.24. The molecule has 1 amide bonds. The molecule has 1 saturated heterocycles. The van der Waals surface area contributed by atoms with E-state index in [1.54, 1.807) is 12.1 Å². The molecule has 3 N–H and O–H groups in total. The van der Waals surface area contributed by atoms with E-state index in [1.165, 1.54) is 31.4 Å². The standard InChI is InChI=1S/C19H20N4O5S/c1-28-13-5-7-17(24)14(11-13)20-19(29)21-18(25)12-4-6-15(16(10-12)23(26)27)22-8-2-3-9-22/h4-7,10-11,24H,2-3,8-9H2,1H3,(H2,20,21,25,29). The van der Waals surface area contributed by atoms with Crippen molar-refractivity contribution in [1.29, 1.82) is 0 Å². The van der Waals surface area contributed by atoms with Gasteiger partial charge in [0.15, 0.2) is 5.11 Å². The van der Waals surface area contributed by atoms with Gasteiger partial charge in [0.2, 0.25) is 0 Å². The summed E-state index contributed by atoms with van der Waals surface area (Å²) < 4.78 is 5.08. The van der Waals surface area contributed by atoms with Crippen LogP contribution in [0.2, 0.25) is 0 Å². The van der Waals surface area contributed by atoms with Crippen LogP contribution in [-0.2, 0) is 0 Å². The van der Waals surface area contributed by atoms with Gasteiger partial charge < -0.3 is 20.1 Å². The van der Waals surface area contributed by atoms with Gasteiger partial charge in [0, 0.05) is 30.8 Å². The third-order valence-electron chi connectivity index (χ3n) is 4.56. The number of rotatable bonds is 5. The van der Waals surface area contributed by atoms with Crippen LogP contribution in [0.5, 0.6) is 11.5 Å². The SMILES string of the molecule is COc1ccc(O)c(NC(=S)NC(=O)c2ccc(N3CCCC3)c([N+](=O)[O-])c2)c1. The minimum absolute atomic E-state index is 0.0650. The third-order valence-corrected chi connectivity index (χ3v) is 4.76. The molecule has 0 aromatic heterocycles. The second-order valence-electron chi connectivity index (χ2n) is 6.45. The number of hydrogen-bond acceptors (Lipinski definition) is 7. The van der Waals surface area contributed by atoms with Crippen molar-refractivity contribution < 1.29 is 19.6 Å².